The standard InChI is InChI=1S/C25H34N2O4/c1-26(2)13-7-15-31-22-11-6-10-21(16-22)18-27-14-12-23(28)25(19-27,24(29)30)17-20-8-4-3-5-9-20/h3-6,8-11,16,23,28H,7,12-15,17-19H2,1-2H3,(H,29,30)/t23-,25-/m1/s1. The summed E-state index contributed by atoms with van der Waals surface area (Å²) in [5.41, 5.74) is 0.805. The third kappa shape index (κ3) is 6.29. The lowest BCUT2D eigenvalue weighted by Gasteiger charge is -2.43. The number of carboxylic acid groups (broad SMARTS) is 1. The number of nitrogens with zero attached hydrogens (tertiary/aromatic N) is 2. The maximum atomic E-state index is 12.3. The molecule has 2 aromatic rings. The van der Waals surface area contributed by atoms with Crippen LogP contribution >= 0.6 is 0 Å². The Kier molecular flexibility index (Phi) is 8.07. The summed E-state index contributed by atoms with van der Waals surface area (Å²) < 4.78 is 5.88. The summed E-state index contributed by atoms with van der Waals surface area (Å²) in [5.74, 6) is -0.103. The molecule has 1 aliphatic rings. The smallest absolute Gasteiger partial charge is 0.313 e. The van der Waals surface area contributed by atoms with E-state index in [1.807, 2.05) is 68.7 Å². The highest BCUT2D eigenvalue weighted by atomic mass is 16.5. The summed E-state index contributed by atoms with van der Waals surface area (Å²) in [7, 11) is 4.09. The number of piperidine rings is 1. The van der Waals surface area contributed by atoms with Crippen LogP contribution in [0.5, 0.6) is 5.75 Å². The number of benzene rings is 2. The van der Waals surface area contributed by atoms with Crippen LogP contribution < -0.4 is 4.74 Å². The number of ether oxygens (including phenoxy) is 1. The molecule has 1 saturated heterocycles. The number of aliphatic carboxylic acids is 1. The number of likely N-dealkylation sites (tertiary alicyclic amines) is 1. The van der Waals surface area contributed by atoms with E-state index in [4.69, 9.17) is 4.74 Å². The van der Waals surface area contributed by atoms with Crippen LogP contribution in [0.4, 0.5) is 0 Å². The Morgan fingerprint density at radius 1 is 1.16 bits per heavy atom. The van der Waals surface area contributed by atoms with E-state index in [-0.39, 0.29) is 0 Å². The average Bonchev–Trinajstić information content (AvgIpc) is 2.74. The zero-order chi connectivity index (χ0) is 22.3. The first-order valence-corrected chi connectivity index (χ1v) is 10.9. The lowest BCUT2D eigenvalue weighted by Crippen LogP contribution is -2.56. The van der Waals surface area contributed by atoms with Crippen molar-refractivity contribution in [3.63, 3.8) is 0 Å². The molecule has 1 aliphatic heterocycles. The summed E-state index contributed by atoms with van der Waals surface area (Å²) in [6.07, 6.45) is 0.852. The summed E-state index contributed by atoms with van der Waals surface area (Å²) in [4.78, 5) is 16.6. The lowest BCUT2D eigenvalue weighted by molar-refractivity contribution is -0.163. The van der Waals surface area contributed by atoms with Crippen LogP contribution in [0.25, 0.3) is 0 Å². The average molecular weight is 427 g/mol. The number of hydrogen-bond donors (Lipinski definition) is 2. The van der Waals surface area contributed by atoms with Gasteiger partial charge in [-0.25, -0.2) is 0 Å². The summed E-state index contributed by atoms with van der Waals surface area (Å²) >= 11 is 0. The maximum Gasteiger partial charge on any atom is 0.313 e. The fourth-order valence-electron chi connectivity index (χ4n) is 4.28. The van der Waals surface area contributed by atoms with Crippen LogP contribution in [0.2, 0.25) is 0 Å². The van der Waals surface area contributed by atoms with Crippen LogP contribution in [0.15, 0.2) is 54.6 Å². The zero-order valence-electron chi connectivity index (χ0n) is 18.5. The lowest BCUT2D eigenvalue weighted by atomic mass is 9.72. The predicted molar refractivity (Wildman–Crippen MR) is 121 cm³/mol. The molecule has 0 amide bonds. The molecule has 31 heavy (non-hydrogen) atoms. The van der Waals surface area contributed by atoms with E-state index in [9.17, 15) is 15.0 Å². The largest absolute Gasteiger partial charge is 0.494 e. The van der Waals surface area contributed by atoms with Gasteiger partial charge in [0.1, 0.15) is 11.2 Å². The van der Waals surface area contributed by atoms with E-state index in [0.29, 0.717) is 39.1 Å². The number of carbonyl (C=O) groups is 1. The van der Waals surface area contributed by atoms with Crippen molar-refractivity contribution in [2.75, 3.05) is 40.3 Å². The highest BCUT2D eigenvalue weighted by molar-refractivity contribution is 5.76. The van der Waals surface area contributed by atoms with Gasteiger partial charge in [0.25, 0.3) is 0 Å². The first-order chi connectivity index (χ1) is 14.9. The van der Waals surface area contributed by atoms with E-state index in [1.165, 1.54) is 0 Å². The Balaban J connectivity index is 1.67. The third-order valence-electron chi connectivity index (χ3n) is 5.97. The molecule has 0 aliphatic carbocycles. The second kappa shape index (κ2) is 10.8. The molecular weight excluding hydrogens is 392 g/mol. The predicted octanol–water partition coefficient (Wildman–Crippen LogP) is 2.90. The van der Waals surface area contributed by atoms with Crippen LogP contribution in [-0.4, -0.2) is 72.4 Å². The SMILES string of the molecule is CN(C)CCCOc1cccc(CN2CC[C@@H](O)[C@](Cc3ccccc3)(C(=O)O)C2)c1. The molecule has 6 heteroatoms. The second-order valence-electron chi connectivity index (χ2n) is 8.79. The fraction of sp³-hybridized carbons (Fsp3) is 0.480. The van der Waals surface area contributed by atoms with Crippen LogP contribution in [0, 0.1) is 5.41 Å². The van der Waals surface area contributed by atoms with Crippen LogP contribution in [0.1, 0.15) is 24.0 Å². The second-order valence-corrected chi connectivity index (χ2v) is 8.79. The van der Waals surface area contributed by atoms with Crippen molar-refractivity contribution >= 4 is 5.97 Å². The number of carboxylic acids is 1. The van der Waals surface area contributed by atoms with E-state index < -0.39 is 17.5 Å². The monoisotopic (exact) mass is 426 g/mol. The van der Waals surface area contributed by atoms with Crippen LogP contribution in [0.3, 0.4) is 0 Å². The Labute approximate surface area is 185 Å². The number of aliphatic hydroxyl groups excluding tert-OH is 1. The molecule has 0 radical (unpaired) electrons. The van der Waals surface area contributed by atoms with Gasteiger partial charge in [-0.1, -0.05) is 42.5 Å². The molecule has 0 spiro atoms. The normalized spacial score (nSPS) is 21.9. The molecule has 1 fully saturated rings. The Hall–Kier alpha value is -2.41. The number of hydrogen-bond acceptors (Lipinski definition) is 5. The molecule has 1 heterocycles. The van der Waals surface area contributed by atoms with Gasteiger partial charge in [0.05, 0.1) is 12.7 Å². The number of aliphatic hydroxyl groups is 1. The summed E-state index contributed by atoms with van der Waals surface area (Å²) in [6, 6.07) is 17.6. The van der Waals surface area contributed by atoms with Crippen molar-refractivity contribution < 1.29 is 19.7 Å². The van der Waals surface area contributed by atoms with E-state index in [0.717, 1.165) is 29.8 Å². The van der Waals surface area contributed by atoms with Crippen LogP contribution in [-0.2, 0) is 17.8 Å². The highest BCUT2D eigenvalue weighted by Crippen LogP contribution is 2.35. The van der Waals surface area contributed by atoms with Gasteiger partial charge in [0.15, 0.2) is 0 Å². The minimum Gasteiger partial charge on any atom is -0.494 e. The Bertz CT molecular complexity index is 842. The summed E-state index contributed by atoms with van der Waals surface area (Å²) in [5, 5.41) is 20.8. The molecule has 6 nitrogen and oxygen atoms in total. The number of rotatable bonds is 10. The molecular formula is C25H34N2O4. The van der Waals surface area contributed by atoms with Gasteiger partial charge in [0, 0.05) is 26.2 Å². The van der Waals surface area contributed by atoms with E-state index >= 15 is 0 Å². The van der Waals surface area contributed by atoms with Gasteiger partial charge in [-0.05, 0) is 56.6 Å². The molecule has 2 aromatic carbocycles. The molecule has 2 atom stereocenters. The van der Waals surface area contributed by atoms with Crippen molar-refractivity contribution in [3.8, 4) is 5.75 Å². The van der Waals surface area contributed by atoms with Crippen molar-refractivity contribution in [3.05, 3.63) is 65.7 Å². The Morgan fingerprint density at radius 3 is 2.61 bits per heavy atom. The first kappa shape index (κ1) is 23.3. The van der Waals surface area contributed by atoms with Crippen molar-refractivity contribution in [1.82, 2.24) is 9.80 Å². The van der Waals surface area contributed by atoms with Gasteiger partial charge in [0.2, 0.25) is 0 Å². The minimum atomic E-state index is -1.21. The molecule has 0 bridgehead atoms. The molecule has 0 saturated carbocycles. The van der Waals surface area contributed by atoms with Gasteiger partial charge < -0.3 is 19.8 Å². The molecule has 3 rings (SSSR count). The molecule has 168 valence electrons. The fourth-order valence-corrected chi connectivity index (χ4v) is 4.28. The quantitative estimate of drug-likeness (QED) is 0.569. The summed E-state index contributed by atoms with van der Waals surface area (Å²) in [6.45, 7) is 3.25. The third-order valence-corrected chi connectivity index (χ3v) is 5.97. The minimum absolute atomic E-state index is 0.312. The Morgan fingerprint density at radius 2 is 1.90 bits per heavy atom. The maximum absolute atomic E-state index is 12.3. The molecule has 0 aromatic heterocycles. The van der Waals surface area contributed by atoms with Crippen molar-refractivity contribution in [2.45, 2.75) is 31.9 Å². The van der Waals surface area contributed by atoms with Crippen molar-refractivity contribution in [2.24, 2.45) is 5.41 Å². The van der Waals surface area contributed by atoms with Gasteiger partial charge >= 0.3 is 5.97 Å². The molecule has 0 unspecified atom stereocenters. The molecule has 2 N–H and O–H groups in total. The van der Waals surface area contributed by atoms with E-state index in [2.05, 4.69) is 9.80 Å². The van der Waals surface area contributed by atoms with Crippen molar-refractivity contribution in [1.29, 1.82) is 0 Å². The zero-order valence-corrected chi connectivity index (χ0v) is 18.5. The topological polar surface area (TPSA) is 73.2 Å². The van der Waals surface area contributed by atoms with E-state index in [1.54, 1.807) is 0 Å². The highest BCUT2D eigenvalue weighted by Gasteiger charge is 2.49. The first-order valence-electron chi connectivity index (χ1n) is 10.9. The van der Waals surface area contributed by atoms with Gasteiger partial charge in [-0.2, -0.15) is 0 Å². The van der Waals surface area contributed by atoms with Gasteiger partial charge in [-0.15, -0.1) is 0 Å². The van der Waals surface area contributed by atoms with Gasteiger partial charge in [-0.3, -0.25) is 9.69 Å².